The molecule has 13 heavy (non-hydrogen) atoms. The normalized spacial score (nSPS) is 10.7. The molecule has 0 aliphatic carbocycles. The first-order valence-corrected chi connectivity index (χ1v) is 5.70. The van der Waals surface area contributed by atoms with Crippen LogP contribution in [-0.4, -0.2) is 9.36 Å². The summed E-state index contributed by atoms with van der Waals surface area (Å²) in [6.45, 7) is 4.20. The van der Waals surface area contributed by atoms with Crippen molar-refractivity contribution in [2.75, 3.05) is 0 Å². The predicted octanol–water partition coefficient (Wildman–Crippen LogP) is 3.54. The lowest BCUT2D eigenvalue weighted by molar-refractivity contribution is 1.33. The fraction of sp³-hybridized carbons (Fsp3) is 0.250. The molecule has 0 spiro atoms. The fourth-order valence-electron chi connectivity index (χ4n) is 0.984. The summed E-state index contributed by atoms with van der Waals surface area (Å²) in [4.78, 5) is 6.59. The summed E-state index contributed by atoms with van der Waals surface area (Å²) in [5, 5.41) is 1.25. The van der Waals surface area contributed by atoms with Gasteiger partial charge in [0.15, 0.2) is 5.01 Å². The van der Waals surface area contributed by atoms with Crippen LogP contribution in [0.2, 0.25) is 5.28 Å². The quantitative estimate of drug-likeness (QED) is 0.749. The summed E-state index contributed by atoms with van der Waals surface area (Å²) in [6.07, 6.45) is 0. The van der Waals surface area contributed by atoms with E-state index in [2.05, 4.69) is 29.3 Å². The molecule has 0 atom stereocenters. The summed E-state index contributed by atoms with van der Waals surface area (Å²) in [6, 6.07) is 2.12. The number of rotatable bonds is 1. The SMILES string of the molecule is Cc1cc(-c2nc(Cl)ns2)sc1C. The Balaban J connectivity index is 2.46. The maximum atomic E-state index is 5.65. The molecule has 2 aromatic rings. The highest BCUT2D eigenvalue weighted by Crippen LogP contribution is 2.32. The number of hydrogen-bond donors (Lipinski definition) is 0. The maximum Gasteiger partial charge on any atom is 0.234 e. The molecule has 5 heteroatoms. The first-order valence-electron chi connectivity index (χ1n) is 3.73. The second-order valence-corrected chi connectivity index (χ2v) is 5.06. The Bertz CT molecular complexity index is 414. The number of nitrogens with zero attached hydrogens (tertiary/aromatic N) is 2. The zero-order chi connectivity index (χ0) is 9.42. The highest BCUT2D eigenvalue weighted by Gasteiger charge is 2.08. The van der Waals surface area contributed by atoms with Gasteiger partial charge in [0.2, 0.25) is 5.28 Å². The van der Waals surface area contributed by atoms with Crippen molar-refractivity contribution in [3.8, 4) is 9.88 Å². The third-order valence-corrected chi connectivity index (χ3v) is 4.08. The molecule has 68 valence electrons. The van der Waals surface area contributed by atoms with E-state index in [4.69, 9.17) is 11.6 Å². The molecule has 2 heterocycles. The van der Waals surface area contributed by atoms with E-state index in [0.717, 1.165) is 9.88 Å². The van der Waals surface area contributed by atoms with Gasteiger partial charge in [-0.3, -0.25) is 0 Å². The number of hydrogen-bond acceptors (Lipinski definition) is 4. The zero-order valence-electron chi connectivity index (χ0n) is 7.17. The zero-order valence-corrected chi connectivity index (χ0v) is 9.56. The van der Waals surface area contributed by atoms with Gasteiger partial charge in [-0.15, -0.1) is 11.3 Å². The van der Waals surface area contributed by atoms with Gasteiger partial charge in [-0.25, -0.2) is 4.98 Å². The first-order chi connectivity index (χ1) is 6.16. The molecule has 0 aliphatic heterocycles. The molecule has 0 unspecified atom stereocenters. The monoisotopic (exact) mass is 230 g/mol. The van der Waals surface area contributed by atoms with Crippen molar-refractivity contribution in [3.05, 3.63) is 21.8 Å². The Labute approximate surface area is 89.4 Å². The average molecular weight is 231 g/mol. The Morgan fingerprint density at radius 2 is 2.15 bits per heavy atom. The van der Waals surface area contributed by atoms with Crippen molar-refractivity contribution in [1.82, 2.24) is 9.36 Å². The van der Waals surface area contributed by atoms with Crippen molar-refractivity contribution < 1.29 is 0 Å². The highest BCUT2D eigenvalue weighted by molar-refractivity contribution is 7.19. The van der Waals surface area contributed by atoms with Crippen LogP contribution in [0.3, 0.4) is 0 Å². The lowest BCUT2D eigenvalue weighted by Crippen LogP contribution is -1.67. The molecule has 0 radical (unpaired) electrons. The van der Waals surface area contributed by atoms with Gasteiger partial charge in [0, 0.05) is 4.88 Å². The second kappa shape index (κ2) is 3.36. The van der Waals surface area contributed by atoms with E-state index >= 15 is 0 Å². The van der Waals surface area contributed by atoms with Gasteiger partial charge in [0.25, 0.3) is 0 Å². The second-order valence-electron chi connectivity index (χ2n) is 2.72. The van der Waals surface area contributed by atoms with Crippen LogP contribution in [0.15, 0.2) is 6.07 Å². The Morgan fingerprint density at radius 3 is 2.62 bits per heavy atom. The fourth-order valence-corrected chi connectivity index (χ4v) is 2.86. The number of thiophene rings is 1. The van der Waals surface area contributed by atoms with Crippen molar-refractivity contribution in [1.29, 1.82) is 0 Å². The summed E-state index contributed by atoms with van der Waals surface area (Å²) in [7, 11) is 0. The summed E-state index contributed by atoms with van der Waals surface area (Å²) in [5.41, 5.74) is 1.30. The van der Waals surface area contributed by atoms with Crippen LogP contribution in [0.5, 0.6) is 0 Å². The van der Waals surface area contributed by atoms with Gasteiger partial charge in [-0.1, -0.05) is 0 Å². The predicted molar refractivity (Wildman–Crippen MR) is 57.7 cm³/mol. The van der Waals surface area contributed by atoms with E-state index in [1.54, 1.807) is 11.3 Å². The molecule has 0 saturated carbocycles. The van der Waals surface area contributed by atoms with Crippen LogP contribution in [0.1, 0.15) is 10.4 Å². The maximum absolute atomic E-state index is 5.65. The standard InChI is InChI=1S/C8H7ClN2S2/c1-4-3-6(12-5(4)2)7-10-8(9)11-13-7/h3H,1-2H3. The minimum atomic E-state index is 0.337. The molecule has 2 aromatic heterocycles. The van der Waals surface area contributed by atoms with Gasteiger partial charge >= 0.3 is 0 Å². The van der Waals surface area contributed by atoms with E-state index in [1.165, 1.54) is 22.0 Å². The molecule has 0 saturated heterocycles. The average Bonchev–Trinajstić information content (AvgIpc) is 2.61. The van der Waals surface area contributed by atoms with Crippen LogP contribution in [0.4, 0.5) is 0 Å². The van der Waals surface area contributed by atoms with Gasteiger partial charge in [0.1, 0.15) is 0 Å². The Kier molecular flexibility index (Phi) is 2.36. The molecule has 0 N–H and O–H groups in total. The number of aromatic nitrogens is 2. The van der Waals surface area contributed by atoms with Gasteiger partial charge in [0.05, 0.1) is 4.88 Å². The van der Waals surface area contributed by atoms with Gasteiger partial charge in [-0.05, 0) is 48.6 Å². The molecular formula is C8H7ClN2S2. The first kappa shape index (κ1) is 9.12. The Morgan fingerprint density at radius 1 is 1.38 bits per heavy atom. The third kappa shape index (κ3) is 1.75. The molecule has 0 aromatic carbocycles. The summed E-state index contributed by atoms with van der Waals surface area (Å²) < 4.78 is 3.93. The minimum Gasteiger partial charge on any atom is -0.204 e. The highest BCUT2D eigenvalue weighted by atomic mass is 35.5. The Hall–Kier alpha value is -0.450. The van der Waals surface area contributed by atoms with Crippen molar-refractivity contribution in [3.63, 3.8) is 0 Å². The molecular weight excluding hydrogens is 224 g/mol. The topological polar surface area (TPSA) is 25.8 Å². The third-order valence-electron chi connectivity index (χ3n) is 1.78. The minimum absolute atomic E-state index is 0.337. The van der Waals surface area contributed by atoms with E-state index < -0.39 is 0 Å². The van der Waals surface area contributed by atoms with E-state index in [1.807, 2.05) is 0 Å². The van der Waals surface area contributed by atoms with E-state index in [-0.39, 0.29) is 0 Å². The molecule has 0 bridgehead atoms. The van der Waals surface area contributed by atoms with Crippen LogP contribution in [0, 0.1) is 13.8 Å². The summed E-state index contributed by atoms with van der Waals surface area (Å²) >= 11 is 8.72. The summed E-state index contributed by atoms with van der Waals surface area (Å²) in [5.74, 6) is 0. The molecule has 2 rings (SSSR count). The number of halogens is 1. The van der Waals surface area contributed by atoms with Crippen LogP contribution in [0.25, 0.3) is 9.88 Å². The van der Waals surface area contributed by atoms with E-state index in [0.29, 0.717) is 5.28 Å². The van der Waals surface area contributed by atoms with E-state index in [9.17, 15) is 0 Å². The van der Waals surface area contributed by atoms with Crippen molar-refractivity contribution in [2.45, 2.75) is 13.8 Å². The van der Waals surface area contributed by atoms with Crippen LogP contribution < -0.4 is 0 Å². The molecule has 0 fully saturated rings. The van der Waals surface area contributed by atoms with Crippen molar-refractivity contribution in [2.24, 2.45) is 0 Å². The van der Waals surface area contributed by atoms with Crippen LogP contribution >= 0.6 is 34.5 Å². The molecule has 0 aliphatic rings. The largest absolute Gasteiger partial charge is 0.234 e. The smallest absolute Gasteiger partial charge is 0.204 e. The van der Waals surface area contributed by atoms with Crippen molar-refractivity contribution >= 4 is 34.5 Å². The van der Waals surface area contributed by atoms with Gasteiger partial charge in [-0.2, -0.15) is 4.37 Å². The lowest BCUT2D eigenvalue weighted by atomic mass is 10.3. The lowest BCUT2D eigenvalue weighted by Gasteiger charge is -1.83. The molecule has 2 nitrogen and oxygen atoms in total. The molecule has 0 amide bonds. The van der Waals surface area contributed by atoms with Crippen LogP contribution in [-0.2, 0) is 0 Å². The van der Waals surface area contributed by atoms with Gasteiger partial charge < -0.3 is 0 Å². The number of aryl methyl sites for hydroxylation is 2.